The van der Waals surface area contributed by atoms with Gasteiger partial charge in [-0.1, -0.05) is 134 Å². The fourth-order valence-corrected chi connectivity index (χ4v) is 17.2. The Balaban J connectivity index is 0.788. The Labute approximate surface area is 591 Å². The summed E-state index contributed by atoms with van der Waals surface area (Å²) >= 11 is 0. The monoisotopic (exact) mass is 1410 g/mol. The molecule has 4 nitrogen and oxygen atoms in total. The van der Waals surface area contributed by atoms with Crippen LogP contribution in [0.4, 0.5) is 52.7 Å². The zero-order valence-corrected chi connectivity index (χ0v) is 58.1. The van der Waals surface area contributed by atoms with Gasteiger partial charge >= 0.3 is 24.7 Å². The zero-order valence-electron chi connectivity index (χ0n) is 58.1. The van der Waals surface area contributed by atoms with E-state index in [0.29, 0.717) is 44.8 Å². The number of aryl methyl sites for hydroxylation is 7. The number of alkyl halides is 12. The lowest BCUT2D eigenvalue weighted by Gasteiger charge is -2.38. The van der Waals surface area contributed by atoms with Gasteiger partial charge in [-0.15, -0.1) is 0 Å². The predicted octanol–water partition coefficient (Wildman–Crippen LogP) is 25.4. The Morgan fingerprint density at radius 3 is 0.894 bits per heavy atom. The first-order valence-corrected chi connectivity index (χ1v) is 34.4. The summed E-state index contributed by atoms with van der Waals surface area (Å²) in [5.74, 6) is 0.123. The van der Waals surface area contributed by atoms with Crippen LogP contribution < -0.4 is 0 Å². The number of allylic oxidation sites excluding steroid dienone is 1. The molecule has 4 heterocycles. The minimum atomic E-state index is -5.87. The van der Waals surface area contributed by atoms with Gasteiger partial charge in [-0.05, 0) is 249 Å². The third-order valence-electron chi connectivity index (χ3n) is 21.6. The van der Waals surface area contributed by atoms with Gasteiger partial charge in [0, 0.05) is 60.5 Å². The third-order valence-corrected chi connectivity index (χ3v) is 21.6. The van der Waals surface area contributed by atoms with Crippen LogP contribution in [0.1, 0.15) is 110 Å². The highest BCUT2D eigenvalue weighted by atomic mass is 19.4. The highest BCUT2D eigenvalue weighted by Gasteiger charge is 2.74. The van der Waals surface area contributed by atoms with Crippen LogP contribution in [0.2, 0.25) is 0 Å². The molecule has 15 aromatic rings. The van der Waals surface area contributed by atoms with E-state index >= 15 is 52.7 Å². The van der Waals surface area contributed by atoms with Gasteiger partial charge in [-0.3, -0.25) is 0 Å². The van der Waals surface area contributed by atoms with E-state index in [2.05, 4.69) is 6.92 Å². The first-order valence-electron chi connectivity index (χ1n) is 34.4. The van der Waals surface area contributed by atoms with Crippen LogP contribution in [-0.4, -0.2) is 43.0 Å². The van der Waals surface area contributed by atoms with Crippen LogP contribution in [0.3, 0.4) is 0 Å². The summed E-state index contributed by atoms with van der Waals surface area (Å²) in [6.07, 6.45) is -20.3. The van der Waals surface area contributed by atoms with E-state index in [-0.39, 0.29) is 12.3 Å². The first-order chi connectivity index (χ1) is 49.3. The van der Waals surface area contributed by atoms with E-state index in [0.717, 1.165) is 176 Å². The third kappa shape index (κ3) is 10.2. The number of rotatable bonds is 10. The Bertz CT molecular complexity index is 5980. The molecule has 0 bridgehead atoms. The van der Waals surface area contributed by atoms with E-state index in [9.17, 15) is 0 Å². The summed E-state index contributed by atoms with van der Waals surface area (Å²) in [6.45, 7) is 17.4. The van der Waals surface area contributed by atoms with Gasteiger partial charge in [-0.25, -0.2) is 0 Å². The summed E-state index contributed by atoms with van der Waals surface area (Å²) < 4.78 is 200. The Hall–Kier alpha value is -10.7. The Morgan fingerprint density at radius 2 is 0.567 bits per heavy atom. The second-order valence-corrected chi connectivity index (χ2v) is 28.8. The van der Waals surface area contributed by atoms with Crippen molar-refractivity contribution < 1.29 is 52.7 Å². The van der Waals surface area contributed by atoms with Gasteiger partial charge in [0.15, 0.2) is 0 Å². The van der Waals surface area contributed by atoms with Crippen molar-refractivity contribution in [2.45, 2.75) is 117 Å². The van der Waals surface area contributed by atoms with E-state index in [1.807, 2.05) is 195 Å². The van der Waals surface area contributed by atoms with Gasteiger partial charge in [0.25, 0.3) is 0 Å². The summed E-state index contributed by atoms with van der Waals surface area (Å²) in [5.41, 5.74) is 4.09. The maximum absolute atomic E-state index is 16.1. The van der Waals surface area contributed by atoms with E-state index in [4.69, 9.17) is 0 Å². The standard InChI is InChI=1S/C88H68F12N4/c1-48-10-31-67-68-32-11-49(2)40-73(68)101(72(67)39-48)63-23-15-59(16-24-63)83(85(89,90)91,86(92,93)94)61-19-27-65(28-20-61)103-75-42-51(4)13-34-70(75)81-57(37-54(7)45-78(81)103)47-58-38-55(8)46-79-82(58)71-35-14-52(5)43-76(71)104(79)66-29-21-62(22-30-66)84(87(95,96)97,88(98,99)100)60-17-25-64(26-18-60)102-74-41-50(3)12-33-69(74)80-56(9)36-53(6)44-77(80)102/h10-35,37-46,56H,36,47H2,1-9H3. The fourth-order valence-electron chi connectivity index (χ4n) is 17.2. The fraction of sp³-hybridized carbons (Fsp3) is 0.205. The lowest BCUT2D eigenvalue weighted by molar-refractivity contribution is -0.290. The molecule has 0 radical (unpaired) electrons. The topological polar surface area (TPSA) is 19.7 Å². The number of hydrogen-bond acceptors (Lipinski definition) is 0. The molecule has 1 atom stereocenters. The molecular formula is C88H68F12N4. The molecule has 11 aromatic carbocycles. The Morgan fingerprint density at radius 1 is 0.298 bits per heavy atom. The average Bonchev–Trinajstić information content (AvgIpc) is 1.71. The van der Waals surface area contributed by atoms with E-state index in [1.165, 1.54) is 48.5 Å². The van der Waals surface area contributed by atoms with Crippen molar-refractivity contribution in [3.05, 3.63) is 301 Å². The van der Waals surface area contributed by atoms with Crippen molar-refractivity contribution in [2.24, 2.45) is 0 Å². The number of halogens is 12. The van der Waals surface area contributed by atoms with Crippen LogP contribution in [-0.2, 0) is 17.3 Å². The molecule has 16 rings (SSSR count). The summed E-state index contributed by atoms with van der Waals surface area (Å²) in [5, 5.41) is 5.80. The quantitative estimate of drug-likeness (QED) is 0.122. The minimum Gasteiger partial charge on any atom is -0.310 e. The second-order valence-electron chi connectivity index (χ2n) is 28.8. The maximum atomic E-state index is 16.1. The smallest absolute Gasteiger partial charge is 0.310 e. The maximum Gasteiger partial charge on any atom is 0.411 e. The summed E-state index contributed by atoms with van der Waals surface area (Å²) in [4.78, 5) is 0. The Kier molecular flexibility index (Phi) is 15.4. The molecule has 1 unspecified atom stereocenters. The minimum absolute atomic E-state index is 0.123. The first kappa shape index (κ1) is 67.7. The summed E-state index contributed by atoms with van der Waals surface area (Å²) in [6, 6.07) is 55.2. The molecule has 0 amide bonds. The normalized spacial score (nSPS) is 14.4. The van der Waals surface area contributed by atoms with Crippen molar-refractivity contribution in [1.82, 2.24) is 18.3 Å². The number of aromatic nitrogens is 4. The molecule has 16 heteroatoms. The molecule has 524 valence electrons. The van der Waals surface area contributed by atoms with Crippen LogP contribution in [0.25, 0.3) is 105 Å². The molecule has 104 heavy (non-hydrogen) atoms. The van der Waals surface area contributed by atoms with E-state index < -0.39 is 57.8 Å². The van der Waals surface area contributed by atoms with Crippen LogP contribution in [0, 0.1) is 48.5 Å². The molecule has 0 spiro atoms. The van der Waals surface area contributed by atoms with Gasteiger partial charge in [0.1, 0.15) is 0 Å². The van der Waals surface area contributed by atoms with Crippen molar-refractivity contribution in [2.75, 3.05) is 0 Å². The molecular weight excluding hydrogens is 1340 g/mol. The van der Waals surface area contributed by atoms with Gasteiger partial charge in [0.2, 0.25) is 10.8 Å². The molecule has 0 saturated carbocycles. The number of hydrogen-bond donors (Lipinski definition) is 0. The number of nitrogens with zero attached hydrogens (tertiary/aromatic N) is 4. The van der Waals surface area contributed by atoms with Gasteiger partial charge in [-0.2, -0.15) is 52.7 Å². The SMILES string of the molecule is CC1=Cc2c(c3ccc(C)cc3n2-c2ccc(C(c3ccc(-n4c5cc(C)ccc5c5c(Cc6cc(C)cc7c6c6ccc(C)cc6n7-c6ccc(C(c7ccc(-n8c9cc(C)ccc9c9ccc(C)cc98)cc7)(C(F)(F)F)C(F)(F)F)cc6)cc(C)cc54)cc3)(C(F)(F)F)C(F)(F)F)cc2)C(C)C1. The van der Waals surface area contributed by atoms with Crippen LogP contribution in [0.5, 0.6) is 0 Å². The molecule has 1 aliphatic carbocycles. The number of benzene rings is 11. The lowest BCUT2D eigenvalue weighted by Crippen LogP contribution is -2.54. The predicted molar refractivity (Wildman–Crippen MR) is 394 cm³/mol. The summed E-state index contributed by atoms with van der Waals surface area (Å²) in [7, 11) is 0. The van der Waals surface area contributed by atoms with Crippen molar-refractivity contribution in [1.29, 1.82) is 0 Å². The van der Waals surface area contributed by atoms with Crippen molar-refractivity contribution in [3.8, 4) is 22.7 Å². The molecule has 0 saturated heterocycles. The van der Waals surface area contributed by atoms with Gasteiger partial charge in [0.05, 0.1) is 44.3 Å². The zero-order chi connectivity index (χ0) is 73.4. The van der Waals surface area contributed by atoms with Gasteiger partial charge < -0.3 is 18.3 Å². The molecule has 0 fully saturated rings. The lowest BCUT2D eigenvalue weighted by atomic mass is 9.73. The highest BCUT2D eigenvalue weighted by molar-refractivity contribution is 6.14. The highest BCUT2D eigenvalue weighted by Crippen LogP contribution is 2.59. The van der Waals surface area contributed by atoms with Crippen LogP contribution in [0.15, 0.2) is 218 Å². The molecule has 0 aliphatic heterocycles. The van der Waals surface area contributed by atoms with Crippen molar-refractivity contribution >= 4 is 82.4 Å². The largest absolute Gasteiger partial charge is 0.411 e. The second kappa shape index (κ2) is 23.6. The average molecular weight is 1410 g/mol. The number of fused-ring (bicyclic) bond motifs is 12. The molecule has 1 aliphatic rings. The van der Waals surface area contributed by atoms with Crippen LogP contribution >= 0.6 is 0 Å². The van der Waals surface area contributed by atoms with E-state index in [1.54, 1.807) is 0 Å². The molecule has 4 aromatic heterocycles. The van der Waals surface area contributed by atoms with Crippen molar-refractivity contribution in [3.63, 3.8) is 0 Å². The molecule has 0 N–H and O–H groups in total.